The number of carbonyl (C=O) groups excluding carboxylic acids is 2. The Kier molecular flexibility index (Phi) is 6.53. The molecule has 1 N–H and O–H groups in total. The molecule has 38 heavy (non-hydrogen) atoms. The molecule has 192 valence electrons. The third-order valence-electron chi connectivity index (χ3n) is 6.62. The second-order valence-corrected chi connectivity index (χ2v) is 10.8. The average molecular weight is 506 g/mol. The number of aryl methyl sites for hydroxylation is 1. The van der Waals surface area contributed by atoms with E-state index in [0.29, 0.717) is 5.56 Å². The molecule has 1 aliphatic heterocycles. The van der Waals surface area contributed by atoms with Crippen LogP contribution in [0.5, 0.6) is 5.75 Å². The van der Waals surface area contributed by atoms with E-state index in [4.69, 9.17) is 4.74 Å². The first-order chi connectivity index (χ1) is 18.1. The highest BCUT2D eigenvalue weighted by Gasteiger charge is 2.46. The van der Waals surface area contributed by atoms with Crippen molar-refractivity contribution in [2.75, 3.05) is 0 Å². The Balaban J connectivity index is 1.57. The van der Waals surface area contributed by atoms with Crippen LogP contribution in [0.15, 0.2) is 96.6 Å². The predicted octanol–water partition coefficient (Wildman–Crippen LogP) is 6.95. The lowest BCUT2D eigenvalue weighted by atomic mass is 9.93. The largest absolute Gasteiger partial charge is 0.507 e. The van der Waals surface area contributed by atoms with Crippen molar-refractivity contribution < 1.29 is 19.4 Å². The van der Waals surface area contributed by atoms with Gasteiger partial charge < -0.3 is 14.7 Å². The first kappa shape index (κ1) is 25.3. The van der Waals surface area contributed by atoms with Crippen LogP contribution in [-0.4, -0.2) is 27.3 Å². The minimum atomic E-state index is -0.716. The monoisotopic (exact) mass is 505 g/mol. The summed E-state index contributed by atoms with van der Waals surface area (Å²) in [5.41, 5.74) is 2.92. The molecule has 0 saturated carbocycles. The Morgan fingerprint density at radius 2 is 1.58 bits per heavy atom. The van der Waals surface area contributed by atoms with Gasteiger partial charge >= 0.3 is 0 Å². The van der Waals surface area contributed by atoms with E-state index in [1.165, 1.54) is 0 Å². The quantitative estimate of drug-likeness (QED) is 0.181. The Labute approximate surface area is 223 Å². The Morgan fingerprint density at radius 1 is 0.868 bits per heavy atom. The maximum Gasteiger partial charge on any atom is 0.295 e. The molecule has 1 heterocycles. The summed E-state index contributed by atoms with van der Waals surface area (Å²) in [7, 11) is 0. The molecule has 1 aliphatic rings. The van der Waals surface area contributed by atoms with Gasteiger partial charge in [-0.05, 0) is 67.8 Å². The molecule has 0 bridgehead atoms. The maximum absolute atomic E-state index is 13.4. The number of aliphatic hydroxyl groups excluding tert-OH is 1. The number of carbonyl (C=O) groups is 2. The van der Waals surface area contributed by atoms with E-state index in [1.807, 2.05) is 113 Å². The number of aliphatic hydroxyl groups is 1. The van der Waals surface area contributed by atoms with Gasteiger partial charge in [0, 0.05) is 12.1 Å². The van der Waals surface area contributed by atoms with E-state index < -0.39 is 17.7 Å². The molecule has 0 radical (unpaired) electrons. The van der Waals surface area contributed by atoms with Gasteiger partial charge in [0.1, 0.15) is 17.1 Å². The number of amides is 1. The number of nitrogens with zero attached hydrogens (tertiary/aromatic N) is 1. The van der Waals surface area contributed by atoms with E-state index in [9.17, 15) is 14.7 Å². The van der Waals surface area contributed by atoms with Crippen LogP contribution in [0, 0.1) is 6.92 Å². The number of hydrogen-bond acceptors (Lipinski definition) is 4. The maximum atomic E-state index is 13.4. The third-order valence-corrected chi connectivity index (χ3v) is 6.62. The minimum absolute atomic E-state index is 0.101. The lowest BCUT2D eigenvalue weighted by Gasteiger charge is -2.26. The van der Waals surface area contributed by atoms with Crippen molar-refractivity contribution in [3.63, 3.8) is 0 Å². The van der Waals surface area contributed by atoms with E-state index in [-0.39, 0.29) is 23.5 Å². The third kappa shape index (κ3) is 5.05. The molecular weight excluding hydrogens is 474 g/mol. The lowest BCUT2D eigenvalue weighted by molar-refractivity contribution is -0.140. The van der Waals surface area contributed by atoms with Crippen LogP contribution in [0.3, 0.4) is 0 Å². The summed E-state index contributed by atoms with van der Waals surface area (Å²) >= 11 is 0. The summed E-state index contributed by atoms with van der Waals surface area (Å²) in [5, 5.41) is 13.4. The van der Waals surface area contributed by atoms with Crippen LogP contribution in [0.4, 0.5) is 0 Å². The van der Waals surface area contributed by atoms with Crippen molar-refractivity contribution in [3.8, 4) is 5.75 Å². The first-order valence-electron chi connectivity index (χ1n) is 12.7. The number of rotatable bonds is 5. The molecule has 5 heteroatoms. The molecule has 4 aromatic rings. The fraction of sp³-hybridized carbons (Fsp3) is 0.212. The van der Waals surface area contributed by atoms with Gasteiger partial charge in [-0.25, -0.2) is 0 Å². The highest BCUT2D eigenvalue weighted by atomic mass is 16.5. The Bertz CT molecular complexity index is 1560. The van der Waals surface area contributed by atoms with Crippen molar-refractivity contribution in [1.82, 2.24) is 4.90 Å². The molecule has 1 fully saturated rings. The molecule has 1 saturated heterocycles. The van der Waals surface area contributed by atoms with Crippen molar-refractivity contribution in [2.45, 2.75) is 45.9 Å². The first-order valence-corrected chi connectivity index (χ1v) is 12.7. The smallest absolute Gasteiger partial charge is 0.295 e. The number of Topliss-reactive ketones (excluding diaryl/α,β-unsaturated/α-hetero) is 1. The molecule has 5 nitrogen and oxygen atoms in total. The van der Waals surface area contributed by atoms with E-state index in [1.54, 1.807) is 11.0 Å². The molecule has 0 aliphatic carbocycles. The van der Waals surface area contributed by atoms with Gasteiger partial charge in [-0.15, -0.1) is 0 Å². The van der Waals surface area contributed by atoms with E-state index >= 15 is 0 Å². The highest BCUT2D eigenvalue weighted by molar-refractivity contribution is 6.46. The fourth-order valence-corrected chi connectivity index (χ4v) is 4.94. The van der Waals surface area contributed by atoms with E-state index in [2.05, 4.69) is 0 Å². The molecule has 0 aromatic heterocycles. The van der Waals surface area contributed by atoms with Crippen LogP contribution in [0.1, 0.15) is 49.1 Å². The standard InChI is InChI=1S/C33H31NO4/c1-21-8-7-11-25(18-21)29-28(30(35)26-15-14-23-9-5-6-10-24(23)19-26)31(36)32(37)34(29)20-22-12-16-27(17-13-22)38-33(2,3)4/h5-19,29,35H,20H2,1-4H3/b30-28-. The van der Waals surface area contributed by atoms with Crippen LogP contribution >= 0.6 is 0 Å². The van der Waals surface area contributed by atoms with Crippen molar-refractivity contribution in [2.24, 2.45) is 0 Å². The summed E-state index contributed by atoms with van der Waals surface area (Å²) in [4.78, 5) is 28.4. The topological polar surface area (TPSA) is 66.8 Å². The SMILES string of the molecule is Cc1cccc(C2/C(=C(/O)c3ccc4ccccc4c3)C(=O)C(=O)N2Cc2ccc(OC(C)(C)C)cc2)c1. The fourth-order valence-electron chi connectivity index (χ4n) is 4.94. The number of benzene rings is 4. The van der Waals surface area contributed by atoms with Crippen LogP contribution in [0.2, 0.25) is 0 Å². The summed E-state index contributed by atoms with van der Waals surface area (Å²) in [6.45, 7) is 8.13. The predicted molar refractivity (Wildman–Crippen MR) is 150 cm³/mol. The average Bonchev–Trinajstić information content (AvgIpc) is 3.13. The normalized spacial score (nSPS) is 17.3. The van der Waals surface area contributed by atoms with E-state index in [0.717, 1.165) is 33.2 Å². The van der Waals surface area contributed by atoms with Gasteiger partial charge in [0.2, 0.25) is 0 Å². The Morgan fingerprint density at radius 3 is 2.26 bits per heavy atom. The number of likely N-dealkylation sites (tertiary alicyclic amines) is 1. The zero-order chi connectivity index (χ0) is 27.0. The van der Waals surface area contributed by atoms with Crippen molar-refractivity contribution in [3.05, 3.63) is 119 Å². The van der Waals surface area contributed by atoms with Crippen molar-refractivity contribution in [1.29, 1.82) is 0 Å². The lowest BCUT2D eigenvalue weighted by Crippen LogP contribution is -2.29. The van der Waals surface area contributed by atoms with Gasteiger partial charge in [-0.1, -0.05) is 78.4 Å². The summed E-state index contributed by atoms with van der Waals surface area (Å²) in [6, 6.07) is 27.9. The molecule has 5 rings (SSSR count). The molecule has 1 unspecified atom stereocenters. The molecule has 1 amide bonds. The molecular formula is C33H31NO4. The van der Waals surface area contributed by atoms with Crippen LogP contribution in [0.25, 0.3) is 16.5 Å². The Hall–Kier alpha value is -4.38. The molecule has 0 spiro atoms. The van der Waals surface area contributed by atoms with Gasteiger partial charge in [0.05, 0.1) is 11.6 Å². The zero-order valence-electron chi connectivity index (χ0n) is 22.1. The van der Waals surface area contributed by atoms with Gasteiger partial charge in [-0.2, -0.15) is 0 Å². The second-order valence-electron chi connectivity index (χ2n) is 10.8. The number of hydrogen-bond donors (Lipinski definition) is 1. The number of ether oxygens (including phenoxy) is 1. The van der Waals surface area contributed by atoms with Crippen molar-refractivity contribution >= 4 is 28.2 Å². The van der Waals surface area contributed by atoms with Crippen LogP contribution < -0.4 is 4.74 Å². The summed E-state index contributed by atoms with van der Waals surface area (Å²) < 4.78 is 5.92. The second kappa shape index (κ2) is 9.82. The minimum Gasteiger partial charge on any atom is -0.507 e. The highest BCUT2D eigenvalue weighted by Crippen LogP contribution is 2.41. The number of ketones is 1. The molecule has 4 aromatic carbocycles. The summed E-state index contributed by atoms with van der Waals surface area (Å²) in [5.74, 6) is -0.754. The zero-order valence-corrected chi connectivity index (χ0v) is 22.1. The van der Waals surface area contributed by atoms with Crippen LogP contribution in [-0.2, 0) is 16.1 Å². The van der Waals surface area contributed by atoms with Gasteiger partial charge in [-0.3, -0.25) is 9.59 Å². The molecule has 1 atom stereocenters. The van der Waals surface area contributed by atoms with Gasteiger partial charge in [0.15, 0.2) is 0 Å². The number of fused-ring (bicyclic) bond motifs is 1. The summed E-state index contributed by atoms with van der Waals surface area (Å²) in [6.07, 6.45) is 0. The van der Waals surface area contributed by atoms with Gasteiger partial charge in [0.25, 0.3) is 11.7 Å².